The number of carbonyl (C=O) groups excluding carboxylic acids is 2. The van der Waals surface area contributed by atoms with Crippen LogP contribution in [-0.2, 0) is 26.0 Å². The SMILES string of the molecule is CNC(=O)[C@@H](C)N(CCc1ccccc1)C(=O)CN(c1ccccc1F)S(=O)(=O)c1ccccc1. The topological polar surface area (TPSA) is 86.8 Å². The molecule has 0 aliphatic heterocycles. The summed E-state index contributed by atoms with van der Waals surface area (Å²) >= 11 is 0. The number of carbonyl (C=O) groups is 2. The Morgan fingerprint density at radius 3 is 2.09 bits per heavy atom. The molecule has 0 spiro atoms. The van der Waals surface area contributed by atoms with Crippen molar-refractivity contribution in [2.75, 3.05) is 24.4 Å². The second-order valence-corrected chi connectivity index (χ2v) is 9.75. The van der Waals surface area contributed by atoms with Crippen LogP contribution in [0.3, 0.4) is 0 Å². The summed E-state index contributed by atoms with van der Waals surface area (Å²) in [5.41, 5.74) is 0.706. The van der Waals surface area contributed by atoms with Gasteiger partial charge in [0.25, 0.3) is 10.0 Å². The highest BCUT2D eigenvalue weighted by atomic mass is 32.2. The van der Waals surface area contributed by atoms with E-state index in [1.54, 1.807) is 25.1 Å². The van der Waals surface area contributed by atoms with Crippen molar-refractivity contribution in [1.29, 1.82) is 0 Å². The van der Waals surface area contributed by atoms with Crippen molar-refractivity contribution in [3.63, 3.8) is 0 Å². The summed E-state index contributed by atoms with van der Waals surface area (Å²) in [5.74, 6) is -1.80. The molecule has 0 aliphatic carbocycles. The zero-order valence-electron chi connectivity index (χ0n) is 19.6. The molecule has 0 aliphatic rings. The molecule has 2 amide bonds. The van der Waals surface area contributed by atoms with E-state index in [0.29, 0.717) is 6.42 Å². The van der Waals surface area contributed by atoms with Crippen molar-refractivity contribution in [3.8, 4) is 0 Å². The largest absolute Gasteiger partial charge is 0.357 e. The fraction of sp³-hybridized carbons (Fsp3) is 0.231. The van der Waals surface area contributed by atoms with Gasteiger partial charge in [0.15, 0.2) is 0 Å². The van der Waals surface area contributed by atoms with Crippen molar-refractivity contribution in [3.05, 3.63) is 96.3 Å². The van der Waals surface area contributed by atoms with Gasteiger partial charge in [-0.05, 0) is 43.2 Å². The maximum Gasteiger partial charge on any atom is 0.264 e. The Balaban J connectivity index is 1.97. The lowest BCUT2D eigenvalue weighted by Crippen LogP contribution is -2.51. The first-order valence-electron chi connectivity index (χ1n) is 11.1. The summed E-state index contributed by atoms with van der Waals surface area (Å²) in [7, 11) is -2.82. The van der Waals surface area contributed by atoms with Crippen LogP contribution >= 0.6 is 0 Å². The lowest BCUT2D eigenvalue weighted by molar-refractivity contribution is -0.138. The van der Waals surface area contributed by atoms with Gasteiger partial charge >= 0.3 is 0 Å². The Hall–Kier alpha value is -3.72. The molecule has 9 heteroatoms. The van der Waals surface area contributed by atoms with Crippen LogP contribution in [0.2, 0.25) is 0 Å². The number of amides is 2. The van der Waals surface area contributed by atoms with Crippen LogP contribution in [0.4, 0.5) is 10.1 Å². The van der Waals surface area contributed by atoms with Gasteiger partial charge in [-0.15, -0.1) is 0 Å². The quantitative estimate of drug-likeness (QED) is 0.466. The molecule has 3 rings (SSSR count). The highest BCUT2D eigenvalue weighted by molar-refractivity contribution is 7.92. The standard InChI is InChI=1S/C26H28FN3O4S/c1-20(26(32)28-2)29(18-17-21-11-5-3-6-12-21)25(31)19-30(24-16-10-9-15-23(24)27)35(33,34)22-13-7-4-8-14-22/h3-16,20H,17-19H2,1-2H3,(H,28,32)/t20-/m1/s1. The monoisotopic (exact) mass is 497 g/mol. The molecule has 3 aromatic rings. The average molecular weight is 498 g/mol. The molecule has 1 N–H and O–H groups in total. The van der Waals surface area contributed by atoms with Crippen molar-refractivity contribution in [2.45, 2.75) is 24.3 Å². The molecular weight excluding hydrogens is 469 g/mol. The molecule has 35 heavy (non-hydrogen) atoms. The van der Waals surface area contributed by atoms with Gasteiger partial charge in [0.2, 0.25) is 11.8 Å². The first kappa shape index (κ1) is 25.9. The number of nitrogens with zero attached hydrogens (tertiary/aromatic N) is 2. The summed E-state index contributed by atoms with van der Waals surface area (Å²) in [6.45, 7) is 1.07. The molecule has 0 aromatic heterocycles. The van der Waals surface area contributed by atoms with Crippen LogP contribution in [0.5, 0.6) is 0 Å². The maximum atomic E-state index is 14.8. The van der Waals surface area contributed by atoms with Gasteiger partial charge in [0.1, 0.15) is 18.4 Å². The first-order chi connectivity index (χ1) is 16.8. The number of anilines is 1. The van der Waals surface area contributed by atoms with Gasteiger partial charge in [-0.3, -0.25) is 13.9 Å². The molecule has 0 fully saturated rings. The predicted octanol–water partition coefficient (Wildman–Crippen LogP) is 3.23. The van der Waals surface area contributed by atoms with E-state index >= 15 is 0 Å². The van der Waals surface area contributed by atoms with Gasteiger partial charge in [0, 0.05) is 13.6 Å². The predicted molar refractivity (Wildman–Crippen MR) is 133 cm³/mol. The lowest BCUT2D eigenvalue weighted by atomic mass is 10.1. The third kappa shape index (κ3) is 6.24. The maximum absolute atomic E-state index is 14.8. The number of para-hydroxylation sites is 1. The zero-order chi connectivity index (χ0) is 25.4. The van der Waals surface area contributed by atoms with E-state index < -0.39 is 40.2 Å². The van der Waals surface area contributed by atoms with E-state index in [4.69, 9.17) is 0 Å². The molecule has 0 saturated carbocycles. The average Bonchev–Trinajstić information content (AvgIpc) is 2.88. The Morgan fingerprint density at radius 2 is 1.49 bits per heavy atom. The van der Waals surface area contributed by atoms with Crippen LogP contribution in [0.1, 0.15) is 12.5 Å². The normalized spacial score (nSPS) is 12.0. The highest BCUT2D eigenvalue weighted by Gasteiger charge is 2.33. The fourth-order valence-electron chi connectivity index (χ4n) is 3.67. The Morgan fingerprint density at radius 1 is 0.914 bits per heavy atom. The van der Waals surface area contributed by atoms with Gasteiger partial charge in [0.05, 0.1) is 10.6 Å². The minimum Gasteiger partial charge on any atom is -0.357 e. The van der Waals surface area contributed by atoms with Crippen LogP contribution in [0.15, 0.2) is 89.8 Å². The number of hydrogen-bond acceptors (Lipinski definition) is 4. The smallest absolute Gasteiger partial charge is 0.264 e. The third-order valence-electron chi connectivity index (χ3n) is 5.63. The number of benzene rings is 3. The van der Waals surface area contributed by atoms with Crippen LogP contribution < -0.4 is 9.62 Å². The van der Waals surface area contributed by atoms with Crippen molar-refractivity contribution in [1.82, 2.24) is 10.2 Å². The number of hydrogen-bond donors (Lipinski definition) is 1. The van der Waals surface area contributed by atoms with Crippen LogP contribution in [0.25, 0.3) is 0 Å². The molecule has 0 heterocycles. The van der Waals surface area contributed by atoms with Crippen molar-refractivity contribution < 1.29 is 22.4 Å². The molecule has 1 atom stereocenters. The molecule has 0 unspecified atom stereocenters. The van der Waals surface area contributed by atoms with E-state index in [2.05, 4.69) is 5.32 Å². The number of rotatable bonds is 10. The molecule has 7 nitrogen and oxygen atoms in total. The molecular formula is C26H28FN3O4S. The minimum absolute atomic E-state index is 0.0776. The number of halogens is 1. The van der Waals surface area contributed by atoms with Gasteiger partial charge in [-0.2, -0.15) is 0 Å². The van der Waals surface area contributed by atoms with Gasteiger partial charge < -0.3 is 10.2 Å². The van der Waals surface area contributed by atoms with Gasteiger partial charge in [-0.1, -0.05) is 60.7 Å². The van der Waals surface area contributed by atoms with Crippen LogP contribution in [0, 0.1) is 5.82 Å². The minimum atomic E-state index is -4.28. The number of sulfonamides is 1. The molecule has 0 saturated heterocycles. The van der Waals surface area contributed by atoms with Crippen molar-refractivity contribution in [2.24, 2.45) is 0 Å². The Labute approximate surface area is 205 Å². The van der Waals surface area contributed by atoms with E-state index in [0.717, 1.165) is 15.9 Å². The van der Waals surface area contributed by atoms with Gasteiger partial charge in [-0.25, -0.2) is 12.8 Å². The number of likely N-dealkylation sites (N-methyl/N-ethyl adjacent to an activating group) is 1. The summed E-state index contributed by atoms with van der Waals surface area (Å²) in [4.78, 5) is 27.2. The summed E-state index contributed by atoms with van der Waals surface area (Å²) in [5, 5.41) is 2.52. The lowest BCUT2D eigenvalue weighted by Gasteiger charge is -2.31. The van der Waals surface area contributed by atoms with E-state index in [1.807, 2.05) is 30.3 Å². The summed E-state index contributed by atoms with van der Waals surface area (Å²) in [6.07, 6.45) is 0.457. The molecule has 0 bridgehead atoms. The highest BCUT2D eigenvalue weighted by Crippen LogP contribution is 2.26. The Kier molecular flexibility index (Phi) is 8.59. The second-order valence-electron chi connectivity index (χ2n) is 7.89. The summed E-state index contributed by atoms with van der Waals surface area (Å²) in [6, 6.07) is 21.5. The molecule has 3 aromatic carbocycles. The molecule has 0 radical (unpaired) electrons. The fourth-order valence-corrected chi connectivity index (χ4v) is 5.11. The zero-order valence-corrected chi connectivity index (χ0v) is 20.4. The third-order valence-corrected chi connectivity index (χ3v) is 7.40. The van der Waals surface area contributed by atoms with E-state index in [-0.39, 0.29) is 17.1 Å². The first-order valence-corrected chi connectivity index (χ1v) is 12.6. The van der Waals surface area contributed by atoms with Crippen molar-refractivity contribution >= 4 is 27.5 Å². The summed E-state index contributed by atoms with van der Waals surface area (Å²) < 4.78 is 42.5. The van der Waals surface area contributed by atoms with Crippen LogP contribution in [-0.4, -0.2) is 51.3 Å². The van der Waals surface area contributed by atoms with E-state index in [1.165, 1.54) is 42.3 Å². The number of nitrogens with one attached hydrogen (secondary N) is 1. The van der Waals surface area contributed by atoms with E-state index in [9.17, 15) is 22.4 Å². The Bertz CT molecular complexity index is 1250. The molecule has 184 valence electrons. The second kappa shape index (κ2) is 11.6.